The number of Topliss-reactive ketones (excluding diaryl/α,β-unsaturated/α-hetero) is 1. The Morgan fingerprint density at radius 1 is 0.932 bits per heavy atom. The first kappa shape index (κ1) is 29.7. The zero-order chi connectivity index (χ0) is 31.0. The number of halogens is 3. The fourth-order valence-electron chi connectivity index (χ4n) is 5.93. The number of benzodiazepines with no additional fused rings is 1. The maximum absolute atomic E-state index is 14.1. The van der Waals surface area contributed by atoms with Crippen LogP contribution >= 0.6 is 23.2 Å². The first-order chi connectivity index (χ1) is 21.2. The van der Waals surface area contributed by atoms with Gasteiger partial charge in [0, 0.05) is 30.2 Å². The van der Waals surface area contributed by atoms with Gasteiger partial charge in [-0.15, -0.1) is 0 Å². The number of hydrogen-bond donors (Lipinski definition) is 1. The van der Waals surface area contributed by atoms with Gasteiger partial charge in [0.2, 0.25) is 12.1 Å². The average molecular weight is 629 g/mol. The number of amides is 2. The summed E-state index contributed by atoms with van der Waals surface area (Å²) in [5.74, 6) is -2.03. The van der Waals surface area contributed by atoms with E-state index in [1.165, 1.54) is 17.0 Å². The molecule has 4 aromatic carbocycles. The Kier molecular flexibility index (Phi) is 8.34. The van der Waals surface area contributed by atoms with Crippen LogP contribution in [-0.4, -0.2) is 36.5 Å². The Hall–Kier alpha value is -4.33. The molecule has 0 saturated carbocycles. The van der Waals surface area contributed by atoms with Crippen LogP contribution in [-0.2, 0) is 22.4 Å². The number of para-hydroxylation sites is 1. The predicted molar refractivity (Wildman–Crippen MR) is 170 cm³/mol. The van der Waals surface area contributed by atoms with Crippen LogP contribution in [0.15, 0.2) is 89.9 Å². The number of hydrogen-bond acceptors (Lipinski definition) is 4. The first-order valence-corrected chi connectivity index (χ1v) is 15.1. The quantitative estimate of drug-likeness (QED) is 0.252. The monoisotopic (exact) mass is 627 g/mol. The number of likely N-dealkylation sites (N-methyl/N-ethyl adjacent to an activating group) is 1. The van der Waals surface area contributed by atoms with Gasteiger partial charge in [0.1, 0.15) is 5.82 Å². The lowest BCUT2D eigenvalue weighted by molar-refractivity contribution is -0.128. The van der Waals surface area contributed by atoms with Crippen molar-refractivity contribution in [1.82, 2.24) is 5.32 Å². The fraction of sp³-hybridized carbons (Fsp3) is 0.200. The number of anilines is 1. The van der Waals surface area contributed by atoms with Crippen LogP contribution in [0.5, 0.6) is 0 Å². The van der Waals surface area contributed by atoms with Gasteiger partial charge < -0.3 is 10.2 Å². The second kappa shape index (κ2) is 12.3. The van der Waals surface area contributed by atoms with Crippen molar-refractivity contribution in [2.24, 2.45) is 4.99 Å². The zero-order valence-electron chi connectivity index (χ0n) is 23.8. The summed E-state index contributed by atoms with van der Waals surface area (Å²) < 4.78 is 13.8. The van der Waals surface area contributed by atoms with Crippen molar-refractivity contribution in [3.63, 3.8) is 0 Å². The first-order valence-electron chi connectivity index (χ1n) is 14.3. The number of ketones is 1. The molecule has 1 aliphatic heterocycles. The van der Waals surface area contributed by atoms with E-state index in [2.05, 4.69) is 5.32 Å². The molecule has 44 heavy (non-hydrogen) atoms. The lowest BCUT2D eigenvalue weighted by atomic mass is 9.84. The van der Waals surface area contributed by atoms with Crippen LogP contribution in [0.4, 0.5) is 10.1 Å². The molecule has 0 saturated heterocycles. The van der Waals surface area contributed by atoms with Crippen molar-refractivity contribution in [2.75, 3.05) is 11.9 Å². The van der Waals surface area contributed by atoms with Gasteiger partial charge in [0.25, 0.3) is 5.91 Å². The topological polar surface area (TPSA) is 78.8 Å². The largest absolute Gasteiger partial charge is 0.326 e. The van der Waals surface area contributed by atoms with Crippen LogP contribution in [0.1, 0.15) is 56.9 Å². The van der Waals surface area contributed by atoms with Gasteiger partial charge >= 0.3 is 0 Å². The summed E-state index contributed by atoms with van der Waals surface area (Å²) in [5, 5.41) is 3.62. The van der Waals surface area contributed by atoms with Crippen molar-refractivity contribution in [2.45, 2.75) is 37.8 Å². The molecule has 2 atom stereocenters. The Morgan fingerprint density at radius 2 is 1.66 bits per heavy atom. The van der Waals surface area contributed by atoms with E-state index in [1.54, 1.807) is 37.4 Å². The molecule has 1 aliphatic carbocycles. The second-order valence-electron chi connectivity index (χ2n) is 11.0. The van der Waals surface area contributed by atoms with Crippen LogP contribution in [0.2, 0.25) is 10.0 Å². The standard InChI is InChI=1S/C35H28Cl2FN3O3/c1-41-30-10-3-2-6-26(30)32(25-9-4-8-24-23(25)7-5-11-31(24)42)39-33(35(41)44)40-34(43)27(21-13-15-22(38)16-14-21)18-20-12-17-28(36)29(37)19-20/h2-4,6,8-10,12-17,19,27,33H,5,7,11,18H2,1H3,(H,40,43)/t27-,33?/m1/s1. The summed E-state index contributed by atoms with van der Waals surface area (Å²) in [7, 11) is 1.65. The van der Waals surface area contributed by atoms with Crippen molar-refractivity contribution in [1.29, 1.82) is 0 Å². The molecule has 0 spiro atoms. The lowest BCUT2D eigenvalue weighted by Crippen LogP contribution is -2.47. The van der Waals surface area contributed by atoms with E-state index in [9.17, 15) is 18.8 Å². The fourth-order valence-corrected chi connectivity index (χ4v) is 6.25. The molecule has 0 radical (unpaired) electrons. The lowest BCUT2D eigenvalue weighted by Gasteiger charge is -2.23. The average Bonchev–Trinajstić information content (AvgIpc) is 3.12. The van der Waals surface area contributed by atoms with Crippen LogP contribution < -0.4 is 10.2 Å². The molecule has 2 aliphatic rings. The minimum absolute atomic E-state index is 0.0816. The molecule has 4 aromatic rings. The molecular weight excluding hydrogens is 600 g/mol. The molecule has 0 fully saturated rings. The number of nitrogens with zero attached hydrogens (tertiary/aromatic N) is 2. The summed E-state index contributed by atoms with van der Waals surface area (Å²) in [4.78, 5) is 47.1. The number of rotatable bonds is 6. The SMILES string of the molecule is CN1C(=O)C(NC(=O)[C@H](Cc2ccc(Cl)c(Cl)c2)c2ccc(F)cc2)N=C(c2cccc3c2CCCC3=O)c2ccccc21. The molecule has 1 N–H and O–H groups in total. The second-order valence-corrected chi connectivity index (χ2v) is 11.8. The molecule has 9 heteroatoms. The highest BCUT2D eigenvalue weighted by molar-refractivity contribution is 6.42. The number of carbonyl (C=O) groups excluding carboxylic acids is 3. The Balaban J connectivity index is 1.42. The molecule has 1 unspecified atom stereocenters. The third kappa shape index (κ3) is 5.77. The summed E-state index contributed by atoms with van der Waals surface area (Å²) in [5.41, 5.74) is 5.50. The summed E-state index contributed by atoms with van der Waals surface area (Å²) in [6.07, 6.45) is 0.876. The number of benzene rings is 4. The number of nitrogens with one attached hydrogen (secondary N) is 1. The van der Waals surface area contributed by atoms with E-state index in [-0.39, 0.29) is 12.2 Å². The van der Waals surface area contributed by atoms with Crippen molar-refractivity contribution in [3.05, 3.63) is 134 Å². The summed E-state index contributed by atoms with van der Waals surface area (Å²) in [6, 6.07) is 23.8. The smallest absolute Gasteiger partial charge is 0.272 e. The van der Waals surface area contributed by atoms with Gasteiger partial charge in [-0.25, -0.2) is 9.38 Å². The van der Waals surface area contributed by atoms with Crippen LogP contribution in [0, 0.1) is 5.82 Å². The third-order valence-corrected chi connectivity index (χ3v) is 8.94. The molecule has 222 valence electrons. The normalized spacial score (nSPS) is 16.9. The molecule has 6 rings (SSSR count). The van der Waals surface area contributed by atoms with E-state index in [1.807, 2.05) is 42.5 Å². The van der Waals surface area contributed by atoms with E-state index >= 15 is 0 Å². The number of fused-ring (bicyclic) bond motifs is 2. The van der Waals surface area contributed by atoms with Crippen LogP contribution in [0.25, 0.3) is 0 Å². The molecular formula is C35H28Cl2FN3O3. The summed E-state index contributed by atoms with van der Waals surface area (Å²) >= 11 is 12.4. The Bertz CT molecular complexity index is 1820. The Morgan fingerprint density at radius 3 is 2.43 bits per heavy atom. The predicted octanol–water partition coefficient (Wildman–Crippen LogP) is 6.93. The highest BCUT2D eigenvalue weighted by Crippen LogP contribution is 2.33. The third-order valence-electron chi connectivity index (χ3n) is 8.20. The Labute approximate surface area is 264 Å². The highest BCUT2D eigenvalue weighted by atomic mass is 35.5. The van der Waals surface area contributed by atoms with Crippen molar-refractivity contribution in [3.8, 4) is 0 Å². The van der Waals surface area contributed by atoms with E-state index < -0.39 is 29.7 Å². The zero-order valence-corrected chi connectivity index (χ0v) is 25.3. The minimum atomic E-state index is -1.26. The number of carbonyl (C=O) groups is 3. The van der Waals surface area contributed by atoms with Crippen molar-refractivity contribution < 1.29 is 18.8 Å². The highest BCUT2D eigenvalue weighted by Gasteiger charge is 2.34. The van der Waals surface area contributed by atoms with Gasteiger partial charge in [0.05, 0.1) is 27.4 Å². The molecule has 0 aromatic heterocycles. The number of aliphatic imine (C=N–C) groups is 1. The maximum atomic E-state index is 14.1. The van der Waals surface area contributed by atoms with Crippen LogP contribution in [0.3, 0.4) is 0 Å². The van der Waals surface area contributed by atoms with Gasteiger partial charge in [-0.1, -0.05) is 77.8 Å². The molecule has 1 heterocycles. The molecule has 6 nitrogen and oxygen atoms in total. The van der Waals surface area contributed by atoms with Gasteiger partial charge in [-0.3, -0.25) is 14.4 Å². The van der Waals surface area contributed by atoms with E-state index in [0.29, 0.717) is 45.4 Å². The van der Waals surface area contributed by atoms with Gasteiger partial charge in [-0.05, 0) is 66.3 Å². The minimum Gasteiger partial charge on any atom is -0.326 e. The van der Waals surface area contributed by atoms with Gasteiger partial charge in [0.15, 0.2) is 5.78 Å². The maximum Gasteiger partial charge on any atom is 0.272 e. The summed E-state index contributed by atoms with van der Waals surface area (Å²) in [6.45, 7) is 0. The van der Waals surface area contributed by atoms with Crippen molar-refractivity contribution >= 4 is 52.2 Å². The molecule has 0 bridgehead atoms. The van der Waals surface area contributed by atoms with E-state index in [0.717, 1.165) is 28.7 Å². The van der Waals surface area contributed by atoms with E-state index in [4.69, 9.17) is 28.2 Å². The van der Waals surface area contributed by atoms with Gasteiger partial charge in [-0.2, -0.15) is 0 Å². The molecule has 2 amide bonds.